The fourth-order valence-corrected chi connectivity index (χ4v) is 5.10. The number of aromatic nitrogens is 2. The number of pyridine rings is 2. The predicted molar refractivity (Wildman–Crippen MR) is 144 cm³/mol. The van der Waals surface area contributed by atoms with Gasteiger partial charge in [-0.3, -0.25) is 5.73 Å². The molecule has 7 heteroatoms. The summed E-state index contributed by atoms with van der Waals surface area (Å²) in [6.45, 7) is 1.52. The zero-order valence-electron chi connectivity index (χ0n) is 20.6. The molecule has 0 amide bonds. The molecular formula is C30H30N4O3. The Kier molecular flexibility index (Phi) is 6.10. The first-order chi connectivity index (χ1) is 18.0. The number of esters is 1. The van der Waals surface area contributed by atoms with Crippen LogP contribution in [-0.4, -0.2) is 46.0 Å². The molecule has 1 saturated carbocycles. The van der Waals surface area contributed by atoms with E-state index in [0.717, 1.165) is 71.5 Å². The van der Waals surface area contributed by atoms with Crippen molar-refractivity contribution in [3.8, 4) is 22.4 Å². The zero-order valence-corrected chi connectivity index (χ0v) is 20.6. The van der Waals surface area contributed by atoms with Gasteiger partial charge in [-0.05, 0) is 49.1 Å². The quantitative estimate of drug-likeness (QED) is 0.300. The van der Waals surface area contributed by atoms with Crippen molar-refractivity contribution in [2.24, 2.45) is 5.73 Å². The molecule has 188 valence electrons. The highest BCUT2D eigenvalue weighted by molar-refractivity contribution is 5.97. The van der Waals surface area contributed by atoms with Gasteiger partial charge in [0.05, 0.1) is 22.9 Å². The number of fused-ring (bicyclic) bond motifs is 1. The molecule has 0 radical (unpaired) electrons. The Hall–Kier alpha value is -3.81. The van der Waals surface area contributed by atoms with Crippen LogP contribution in [-0.2, 0) is 4.74 Å². The molecule has 0 unspecified atom stereocenters. The minimum absolute atomic E-state index is 0.250. The van der Waals surface area contributed by atoms with Crippen LogP contribution in [0.25, 0.3) is 33.3 Å². The van der Waals surface area contributed by atoms with Crippen LogP contribution in [0, 0.1) is 0 Å². The SMILES string of the molecule is NC1(OC(=O)c2ccc(-c3nc4ccnc(N5CCC(O)CC5)c4cc3-c3ccccc3)cc2)CCC1. The number of rotatable bonds is 5. The number of aliphatic hydroxyl groups is 1. The van der Waals surface area contributed by atoms with Crippen LogP contribution in [0.3, 0.4) is 0 Å². The van der Waals surface area contributed by atoms with Gasteiger partial charge in [0.15, 0.2) is 5.72 Å². The van der Waals surface area contributed by atoms with E-state index in [1.807, 2.05) is 36.4 Å². The molecular weight excluding hydrogens is 464 g/mol. The number of aliphatic hydroxyl groups excluding tert-OH is 1. The number of anilines is 1. The minimum atomic E-state index is -0.825. The predicted octanol–water partition coefficient (Wildman–Crippen LogP) is 4.92. The zero-order chi connectivity index (χ0) is 25.4. The highest BCUT2D eigenvalue weighted by atomic mass is 16.6. The molecule has 3 N–H and O–H groups in total. The van der Waals surface area contributed by atoms with Crippen molar-refractivity contribution in [1.82, 2.24) is 9.97 Å². The highest BCUT2D eigenvalue weighted by Crippen LogP contribution is 2.37. The summed E-state index contributed by atoms with van der Waals surface area (Å²) in [5, 5.41) is 11.0. The maximum atomic E-state index is 12.6. The van der Waals surface area contributed by atoms with Crippen molar-refractivity contribution < 1.29 is 14.6 Å². The fourth-order valence-electron chi connectivity index (χ4n) is 5.10. The van der Waals surface area contributed by atoms with Gasteiger partial charge in [-0.25, -0.2) is 14.8 Å². The van der Waals surface area contributed by atoms with Gasteiger partial charge in [0.2, 0.25) is 0 Å². The van der Waals surface area contributed by atoms with Crippen molar-refractivity contribution in [3.05, 3.63) is 78.5 Å². The van der Waals surface area contributed by atoms with Crippen LogP contribution in [0.5, 0.6) is 0 Å². The van der Waals surface area contributed by atoms with Gasteiger partial charge < -0.3 is 14.7 Å². The molecule has 2 fully saturated rings. The van der Waals surface area contributed by atoms with E-state index in [1.165, 1.54) is 0 Å². The molecule has 4 aromatic rings. The topological polar surface area (TPSA) is 102 Å². The standard InChI is InChI=1S/C30H30N4O3/c31-30(14-4-15-30)37-29(36)22-9-7-21(8-10-22)27-24(20-5-2-1-3-6-20)19-25-26(33-27)11-16-32-28(25)34-17-12-23(35)13-18-34/h1-3,5-11,16,19,23,35H,4,12-15,17-18,31H2. The molecule has 1 saturated heterocycles. The number of benzene rings is 2. The Balaban J connectivity index is 1.41. The monoisotopic (exact) mass is 494 g/mol. The Bertz CT molecular complexity index is 1430. The van der Waals surface area contributed by atoms with Gasteiger partial charge >= 0.3 is 5.97 Å². The minimum Gasteiger partial charge on any atom is -0.441 e. The third kappa shape index (κ3) is 4.68. The van der Waals surface area contributed by atoms with E-state index in [-0.39, 0.29) is 6.10 Å². The van der Waals surface area contributed by atoms with Crippen LogP contribution in [0.15, 0.2) is 72.9 Å². The maximum absolute atomic E-state index is 12.6. The fraction of sp³-hybridized carbons (Fsp3) is 0.300. The Labute approximate surface area is 215 Å². The van der Waals surface area contributed by atoms with Gasteiger partial charge in [-0.2, -0.15) is 0 Å². The normalized spacial score (nSPS) is 17.4. The summed E-state index contributed by atoms with van der Waals surface area (Å²) in [5.41, 5.74) is 10.4. The van der Waals surface area contributed by atoms with E-state index in [2.05, 4.69) is 23.1 Å². The number of nitrogens with two attached hydrogens (primary N) is 1. The smallest absolute Gasteiger partial charge is 0.339 e. The highest BCUT2D eigenvalue weighted by Gasteiger charge is 2.36. The average Bonchev–Trinajstić information content (AvgIpc) is 2.92. The lowest BCUT2D eigenvalue weighted by atomic mass is 9.89. The molecule has 2 aliphatic rings. The lowest BCUT2D eigenvalue weighted by Gasteiger charge is -2.36. The van der Waals surface area contributed by atoms with Crippen molar-refractivity contribution in [2.75, 3.05) is 18.0 Å². The molecule has 1 aliphatic heterocycles. The lowest BCUT2D eigenvalue weighted by Crippen LogP contribution is -2.50. The third-order valence-electron chi connectivity index (χ3n) is 7.46. The number of piperidine rings is 1. The first-order valence-electron chi connectivity index (χ1n) is 12.9. The molecule has 6 rings (SSSR count). The molecule has 2 aromatic heterocycles. The van der Waals surface area contributed by atoms with E-state index in [4.69, 9.17) is 20.4 Å². The molecule has 2 aromatic carbocycles. The summed E-state index contributed by atoms with van der Waals surface area (Å²) in [6, 6.07) is 21.6. The lowest BCUT2D eigenvalue weighted by molar-refractivity contribution is -0.0580. The molecule has 3 heterocycles. The number of carbonyl (C=O) groups excluding carboxylic acids is 1. The Morgan fingerprint density at radius 2 is 1.73 bits per heavy atom. The summed E-state index contributed by atoms with van der Waals surface area (Å²) in [5.74, 6) is 0.497. The number of ether oxygens (including phenoxy) is 1. The molecule has 37 heavy (non-hydrogen) atoms. The average molecular weight is 495 g/mol. The number of nitrogens with zero attached hydrogens (tertiary/aromatic N) is 3. The van der Waals surface area contributed by atoms with Crippen LogP contribution in [0.4, 0.5) is 5.82 Å². The second-order valence-corrected chi connectivity index (χ2v) is 10.1. The molecule has 1 aliphatic carbocycles. The van der Waals surface area contributed by atoms with Crippen molar-refractivity contribution in [3.63, 3.8) is 0 Å². The molecule has 0 spiro atoms. The molecule has 0 bridgehead atoms. The summed E-state index contributed by atoms with van der Waals surface area (Å²) >= 11 is 0. The van der Waals surface area contributed by atoms with E-state index in [9.17, 15) is 9.90 Å². The Morgan fingerprint density at radius 1 is 1.00 bits per heavy atom. The molecule has 7 nitrogen and oxygen atoms in total. The second-order valence-electron chi connectivity index (χ2n) is 10.1. The van der Waals surface area contributed by atoms with E-state index in [0.29, 0.717) is 18.4 Å². The maximum Gasteiger partial charge on any atom is 0.339 e. The van der Waals surface area contributed by atoms with Gasteiger partial charge in [0, 0.05) is 48.6 Å². The van der Waals surface area contributed by atoms with Gasteiger partial charge in [-0.1, -0.05) is 42.5 Å². The number of hydrogen-bond donors (Lipinski definition) is 2. The third-order valence-corrected chi connectivity index (χ3v) is 7.46. The summed E-state index contributed by atoms with van der Waals surface area (Å²) in [6.07, 6.45) is 5.39. The summed E-state index contributed by atoms with van der Waals surface area (Å²) < 4.78 is 5.53. The molecule has 0 atom stereocenters. The first kappa shape index (κ1) is 23.6. The van der Waals surface area contributed by atoms with Crippen LogP contribution in [0.2, 0.25) is 0 Å². The van der Waals surface area contributed by atoms with Crippen molar-refractivity contribution in [1.29, 1.82) is 0 Å². The second kappa shape index (κ2) is 9.57. The van der Waals surface area contributed by atoms with Gasteiger partial charge in [0.25, 0.3) is 0 Å². The van der Waals surface area contributed by atoms with Crippen LogP contribution in [0.1, 0.15) is 42.5 Å². The summed E-state index contributed by atoms with van der Waals surface area (Å²) in [4.78, 5) is 24.7. The van der Waals surface area contributed by atoms with Crippen molar-refractivity contribution in [2.45, 2.75) is 43.9 Å². The Morgan fingerprint density at radius 3 is 2.41 bits per heavy atom. The number of carbonyl (C=O) groups is 1. The van der Waals surface area contributed by atoms with E-state index >= 15 is 0 Å². The van der Waals surface area contributed by atoms with E-state index in [1.54, 1.807) is 18.3 Å². The van der Waals surface area contributed by atoms with Crippen LogP contribution >= 0.6 is 0 Å². The van der Waals surface area contributed by atoms with Gasteiger partial charge in [0.1, 0.15) is 5.82 Å². The summed E-state index contributed by atoms with van der Waals surface area (Å²) in [7, 11) is 0. The largest absolute Gasteiger partial charge is 0.441 e. The van der Waals surface area contributed by atoms with Gasteiger partial charge in [-0.15, -0.1) is 0 Å². The van der Waals surface area contributed by atoms with Crippen LogP contribution < -0.4 is 10.6 Å². The first-order valence-corrected chi connectivity index (χ1v) is 12.9. The van der Waals surface area contributed by atoms with E-state index < -0.39 is 11.7 Å². The number of hydrogen-bond acceptors (Lipinski definition) is 7. The van der Waals surface area contributed by atoms with Crippen molar-refractivity contribution >= 4 is 22.7 Å².